The molecule has 1 aromatic rings. The van der Waals surface area contributed by atoms with Crippen LogP contribution >= 0.6 is 0 Å². The van der Waals surface area contributed by atoms with Gasteiger partial charge in [-0.15, -0.1) is 0 Å². The molecule has 1 atom stereocenters. The summed E-state index contributed by atoms with van der Waals surface area (Å²) >= 11 is 0. The van der Waals surface area contributed by atoms with Crippen LogP contribution in [-0.4, -0.2) is 16.1 Å². The second-order valence-electron chi connectivity index (χ2n) is 2.74. The Balaban J connectivity index is 3.05. The molecule has 0 spiro atoms. The summed E-state index contributed by atoms with van der Waals surface area (Å²) in [5.74, 6) is -1.03. The van der Waals surface area contributed by atoms with Gasteiger partial charge in [0, 0.05) is 18.0 Å². The largest absolute Gasteiger partial charge is 0.480 e. The normalized spacial score (nSPS) is 12.5. The van der Waals surface area contributed by atoms with Crippen molar-refractivity contribution in [3.05, 3.63) is 29.6 Å². The summed E-state index contributed by atoms with van der Waals surface area (Å²) in [4.78, 5) is 14.5. The molecule has 0 saturated carbocycles. The summed E-state index contributed by atoms with van der Waals surface area (Å²) in [7, 11) is 0. The Bertz CT molecular complexity index is 312. The highest BCUT2D eigenvalue weighted by Crippen LogP contribution is 2.15. The molecule has 4 nitrogen and oxygen atoms in total. The minimum absolute atomic E-state index is 0.595. The smallest absolute Gasteiger partial charge is 0.325 e. The fourth-order valence-corrected chi connectivity index (χ4v) is 1.17. The number of nitrogens with zero attached hydrogens (tertiary/aromatic N) is 1. The fraction of sp³-hybridized carbons (Fsp3) is 0.333. The van der Waals surface area contributed by atoms with Crippen molar-refractivity contribution in [2.45, 2.75) is 19.4 Å². The number of pyridine rings is 1. The van der Waals surface area contributed by atoms with E-state index in [-0.39, 0.29) is 0 Å². The van der Waals surface area contributed by atoms with Crippen molar-refractivity contribution in [3.8, 4) is 0 Å². The second-order valence-corrected chi connectivity index (χ2v) is 2.74. The van der Waals surface area contributed by atoms with Gasteiger partial charge in [-0.3, -0.25) is 9.78 Å². The molecule has 0 aliphatic heterocycles. The highest BCUT2D eigenvalue weighted by molar-refractivity contribution is 5.75. The minimum atomic E-state index is -1.03. The predicted octanol–water partition coefficient (Wildman–Crippen LogP) is 0.728. The topological polar surface area (TPSA) is 76.2 Å². The van der Waals surface area contributed by atoms with E-state index in [1.807, 2.05) is 6.92 Å². The predicted molar refractivity (Wildman–Crippen MR) is 48.2 cm³/mol. The standard InChI is InChI=1S/C9H12N2O2/c1-2-6-3-4-11-5-7(6)8(10)9(12)13/h3-5,8H,2,10H2,1H3,(H,12,13)/t8-/m1/s1. The van der Waals surface area contributed by atoms with Gasteiger partial charge < -0.3 is 10.8 Å². The van der Waals surface area contributed by atoms with Crippen molar-refractivity contribution in [2.24, 2.45) is 5.73 Å². The highest BCUT2D eigenvalue weighted by atomic mass is 16.4. The number of rotatable bonds is 3. The average molecular weight is 180 g/mol. The Morgan fingerprint density at radius 2 is 2.46 bits per heavy atom. The molecule has 0 aliphatic rings. The third kappa shape index (κ3) is 2.03. The highest BCUT2D eigenvalue weighted by Gasteiger charge is 2.16. The van der Waals surface area contributed by atoms with Crippen LogP contribution in [0.2, 0.25) is 0 Å². The molecule has 0 bridgehead atoms. The van der Waals surface area contributed by atoms with Gasteiger partial charge in [0.25, 0.3) is 0 Å². The number of aromatic nitrogens is 1. The summed E-state index contributed by atoms with van der Waals surface area (Å²) in [6.45, 7) is 1.95. The number of aliphatic carboxylic acids is 1. The zero-order valence-corrected chi connectivity index (χ0v) is 7.40. The summed E-state index contributed by atoms with van der Waals surface area (Å²) in [5.41, 5.74) is 7.00. The third-order valence-electron chi connectivity index (χ3n) is 1.93. The van der Waals surface area contributed by atoms with Gasteiger partial charge in [-0.2, -0.15) is 0 Å². The van der Waals surface area contributed by atoms with Gasteiger partial charge in [0.05, 0.1) is 0 Å². The lowest BCUT2D eigenvalue weighted by Gasteiger charge is -2.10. The van der Waals surface area contributed by atoms with E-state index >= 15 is 0 Å². The van der Waals surface area contributed by atoms with Gasteiger partial charge in [0.15, 0.2) is 0 Å². The third-order valence-corrected chi connectivity index (χ3v) is 1.93. The summed E-state index contributed by atoms with van der Waals surface area (Å²) < 4.78 is 0. The molecule has 3 N–H and O–H groups in total. The molecule has 1 aromatic heterocycles. The number of hydrogen-bond donors (Lipinski definition) is 2. The number of nitrogens with two attached hydrogens (primary N) is 1. The number of carboxylic acids is 1. The Kier molecular flexibility index (Phi) is 2.97. The van der Waals surface area contributed by atoms with Crippen LogP contribution in [0, 0.1) is 0 Å². The molecule has 13 heavy (non-hydrogen) atoms. The molecule has 1 rings (SSSR count). The van der Waals surface area contributed by atoms with Crippen LogP contribution in [0.5, 0.6) is 0 Å². The van der Waals surface area contributed by atoms with E-state index in [0.717, 1.165) is 12.0 Å². The van der Waals surface area contributed by atoms with Gasteiger partial charge in [-0.1, -0.05) is 6.92 Å². The average Bonchev–Trinajstić information content (AvgIpc) is 2.16. The Morgan fingerprint density at radius 3 is 3.00 bits per heavy atom. The van der Waals surface area contributed by atoms with Crippen LogP contribution in [0.4, 0.5) is 0 Å². The Hall–Kier alpha value is -1.42. The molecule has 0 unspecified atom stereocenters. The van der Waals surface area contributed by atoms with Crippen LogP contribution in [-0.2, 0) is 11.2 Å². The van der Waals surface area contributed by atoms with E-state index < -0.39 is 12.0 Å². The lowest BCUT2D eigenvalue weighted by atomic mass is 10.0. The first-order valence-corrected chi connectivity index (χ1v) is 4.08. The van der Waals surface area contributed by atoms with Crippen molar-refractivity contribution in [1.29, 1.82) is 0 Å². The minimum Gasteiger partial charge on any atom is -0.480 e. The molecule has 0 amide bonds. The lowest BCUT2D eigenvalue weighted by Crippen LogP contribution is -2.22. The maximum absolute atomic E-state index is 10.6. The number of carboxylic acid groups (broad SMARTS) is 1. The lowest BCUT2D eigenvalue weighted by molar-refractivity contribution is -0.138. The molecule has 0 saturated heterocycles. The number of aryl methyl sites for hydroxylation is 1. The second kappa shape index (κ2) is 4.00. The number of carbonyl (C=O) groups is 1. The Labute approximate surface area is 76.4 Å². The fourth-order valence-electron chi connectivity index (χ4n) is 1.17. The first kappa shape index (κ1) is 9.67. The SMILES string of the molecule is CCc1ccncc1[C@@H](N)C(=O)O. The van der Waals surface area contributed by atoms with E-state index in [9.17, 15) is 4.79 Å². The zero-order valence-electron chi connectivity index (χ0n) is 7.40. The van der Waals surface area contributed by atoms with Crippen molar-refractivity contribution < 1.29 is 9.90 Å². The molecule has 0 aromatic carbocycles. The van der Waals surface area contributed by atoms with Gasteiger partial charge in [0.1, 0.15) is 6.04 Å². The van der Waals surface area contributed by atoms with Crippen molar-refractivity contribution >= 4 is 5.97 Å². The maximum atomic E-state index is 10.6. The monoisotopic (exact) mass is 180 g/mol. The molecule has 1 heterocycles. The molecule has 70 valence electrons. The van der Waals surface area contributed by atoms with Crippen LogP contribution < -0.4 is 5.73 Å². The quantitative estimate of drug-likeness (QED) is 0.718. The van der Waals surface area contributed by atoms with Crippen molar-refractivity contribution in [1.82, 2.24) is 4.98 Å². The molecule has 0 aliphatic carbocycles. The van der Waals surface area contributed by atoms with Crippen LogP contribution in [0.1, 0.15) is 24.1 Å². The van der Waals surface area contributed by atoms with Crippen molar-refractivity contribution in [3.63, 3.8) is 0 Å². The van der Waals surface area contributed by atoms with E-state index in [1.165, 1.54) is 6.20 Å². The van der Waals surface area contributed by atoms with E-state index in [0.29, 0.717) is 5.56 Å². The molecule has 0 fully saturated rings. The maximum Gasteiger partial charge on any atom is 0.325 e. The molecular formula is C9H12N2O2. The van der Waals surface area contributed by atoms with Gasteiger partial charge in [-0.25, -0.2) is 0 Å². The van der Waals surface area contributed by atoms with Crippen LogP contribution in [0.25, 0.3) is 0 Å². The van der Waals surface area contributed by atoms with Crippen LogP contribution in [0.3, 0.4) is 0 Å². The van der Waals surface area contributed by atoms with Gasteiger partial charge >= 0.3 is 5.97 Å². The zero-order chi connectivity index (χ0) is 9.84. The van der Waals surface area contributed by atoms with Gasteiger partial charge in [-0.05, 0) is 18.1 Å². The van der Waals surface area contributed by atoms with Gasteiger partial charge in [0.2, 0.25) is 0 Å². The molecule has 4 heteroatoms. The first-order chi connectivity index (χ1) is 6.16. The first-order valence-electron chi connectivity index (χ1n) is 4.08. The summed E-state index contributed by atoms with van der Waals surface area (Å²) in [6, 6.07) is 0.821. The summed E-state index contributed by atoms with van der Waals surface area (Å²) in [5, 5.41) is 8.70. The van der Waals surface area contributed by atoms with Crippen molar-refractivity contribution in [2.75, 3.05) is 0 Å². The van der Waals surface area contributed by atoms with E-state index in [1.54, 1.807) is 12.3 Å². The Morgan fingerprint density at radius 1 is 1.77 bits per heavy atom. The molecule has 0 radical (unpaired) electrons. The number of hydrogen-bond acceptors (Lipinski definition) is 3. The summed E-state index contributed by atoms with van der Waals surface area (Å²) in [6.07, 6.45) is 3.91. The van der Waals surface area contributed by atoms with Crippen LogP contribution in [0.15, 0.2) is 18.5 Å². The van der Waals surface area contributed by atoms with E-state index in [4.69, 9.17) is 10.8 Å². The van der Waals surface area contributed by atoms with E-state index in [2.05, 4.69) is 4.98 Å². The molecular weight excluding hydrogens is 168 g/mol.